The zero-order valence-electron chi connectivity index (χ0n) is 15.4. The molecule has 0 radical (unpaired) electrons. The van der Waals surface area contributed by atoms with Crippen molar-refractivity contribution in [3.8, 4) is 0 Å². The van der Waals surface area contributed by atoms with Gasteiger partial charge in [-0.15, -0.1) is 0 Å². The van der Waals surface area contributed by atoms with Gasteiger partial charge in [0.2, 0.25) is 0 Å². The van der Waals surface area contributed by atoms with Crippen LogP contribution in [0.1, 0.15) is 34.1 Å². The second kappa shape index (κ2) is 6.79. The number of aryl methyl sites for hydroxylation is 3. The molecular weight excluding hydrogens is 341 g/mol. The Kier molecular flexibility index (Phi) is 4.32. The molecule has 1 N–H and O–H groups in total. The van der Waals surface area contributed by atoms with E-state index in [9.17, 15) is 4.39 Å². The van der Waals surface area contributed by atoms with E-state index in [2.05, 4.69) is 20.4 Å². The average molecular weight is 361 g/mol. The molecule has 3 aromatic heterocycles. The lowest BCUT2D eigenvalue weighted by molar-refractivity contribution is 0.626. The Morgan fingerprint density at radius 3 is 2.33 bits per heavy atom. The third kappa shape index (κ3) is 3.26. The number of hydrogen-bond donors (Lipinski definition) is 1. The number of rotatable bonds is 4. The van der Waals surface area contributed by atoms with Crippen molar-refractivity contribution in [1.82, 2.24) is 19.6 Å². The molecule has 3 heterocycles. The minimum Gasteiger partial charge on any atom is -0.359 e. The highest BCUT2D eigenvalue weighted by Crippen LogP contribution is 2.28. The first-order chi connectivity index (χ1) is 13.0. The predicted octanol–water partition coefficient (Wildman–Crippen LogP) is 4.39. The largest absolute Gasteiger partial charge is 0.359 e. The van der Waals surface area contributed by atoms with Crippen molar-refractivity contribution in [2.75, 3.05) is 5.32 Å². The molecule has 27 heavy (non-hydrogen) atoms. The monoisotopic (exact) mass is 361 g/mol. The van der Waals surface area contributed by atoms with Gasteiger partial charge in [-0.05, 0) is 56.2 Å². The number of nitrogens with one attached hydrogen (secondary N) is 1. The molecule has 0 amide bonds. The summed E-state index contributed by atoms with van der Waals surface area (Å²) in [6, 6.07) is 12.2. The van der Waals surface area contributed by atoms with Crippen LogP contribution in [-0.4, -0.2) is 19.6 Å². The number of fused-ring (bicyclic) bond motifs is 1. The van der Waals surface area contributed by atoms with E-state index in [-0.39, 0.29) is 11.9 Å². The van der Waals surface area contributed by atoms with Crippen molar-refractivity contribution in [3.63, 3.8) is 0 Å². The van der Waals surface area contributed by atoms with Gasteiger partial charge < -0.3 is 5.32 Å². The van der Waals surface area contributed by atoms with Gasteiger partial charge in [0.1, 0.15) is 11.6 Å². The zero-order valence-corrected chi connectivity index (χ0v) is 15.4. The van der Waals surface area contributed by atoms with Crippen LogP contribution >= 0.6 is 0 Å². The number of nitrogens with zero attached hydrogens (tertiary/aromatic N) is 4. The number of anilines is 1. The summed E-state index contributed by atoms with van der Waals surface area (Å²) in [6.07, 6.45) is 3.51. The maximum absolute atomic E-state index is 13.4. The Morgan fingerprint density at radius 1 is 0.963 bits per heavy atom. The van der Waals surface area contributed by atoms with Gasteiger partial charge in [-0.2, -0.15) is 9.61 Å². The molecule has 4 rings (SSSR count). The number of halogens is 1. The van der Waals surface area contributed by atoms with Gasteiger partial charge in [0, 0.05) is 29.7 Å². The average Bonchev–Trinajstić information content (AvgIpc) is 2.96. The molecular formula is C21H20FN5. The van der Waals surface area contributed by atoms with E-state index in [0.717, 1.165) is 39.5 Å². The summed E-state index contributed by atoms with van der Waals surface area (Å²) >= 11 is 0. The number of pyridine rings is 1. The molecule has 0 aliphatic carbocycles. The topological polar surface area (TPSA) is 55.1 Å². The smallest absolute Gasteiger partial charge is 0.160 e. The summed E-state index contributed by atoms with van der Waals surface area (Å²) in [6.45, 7) is 5.96. The number of aromatic nitrogens is 4. The Bertz CT molecular complexity index is 1090. The Balaban J connectivity index is 1.84. The van der Waals surface area contributed by atoms with Crippen molar-refractivity contribution < 1.29 is 4.39 Å². The molecule has 0 spiro atoms. The Morgan fingerprint density at radius 2 is 1.63 bits per heavy atom. The van der Waals surface area contributed by atoms with Gasteiger partial charge in [-0.25, -0.2) is 9.37 Å². The molecule has 1 atom stereocenters. The fraction of sp³-hybridized carbons (Fsp3) is 0.190. The van der Waals surface area contributed by atoms with Crippen LogP contribution in [0.15, 0.2) is 54.9 Å². The van der Waals surface area contributed by atoms with Crippen LogP contribution < -0.4 is 5.32 Å². The first-order valence-corrected chi connectivity index (χ1v) is 8.78. The first-order valence-electron chi connectivity index (χ1n) is 8.78. The minimum atomic E-state index is -0.257. The lowest BCUT2D eigenvalue weighted by atomic mass is 9.99. The van der Waals surface area contributed by atoms with Crippen LogP contribution in [0, 0.1) is 26.6 Å². The van der Waals surface area contributed by atoms with E-state index in [1.807, 2.05) is 43.5 Å². The molecule has 0 fully saturated rings. The standard InChI is InChI=1S/C21H20FN5/c1-13-12-19(27-21(24-13)14(2)15(3)26-27)25-20(17-8-10-23-11-9-17)16-4-6-18(22)7-5-16/h4-12,20,25H,1-3H3/t20-/m1/s1. The van der Waals surface area contributed by atoms with Gasteiger partial charge in [0.15, 0.2) is 5.65 Å². The lowest BCUT2D eigenvalue weighted by Crippen LogP contribution is -2.15. The summed E-state index contributed by atoms with van der Waals surface area (Å²) in [7, 11) is 0. The van der Waals surface area contributed by atoms with E-state index >= 15 is 0 Å². The van der Waals surface area contributed by atoms with Gasteiger partial charge >= 0.3 is 0 Å². The summed E-state index contributed by atoms with van der Waals surface area (Å²) in [5, 5.41) is 8.19. The van der Waals surface area contributed by atoms with E-state index in [0.29, 0.717) is 0 Å². The molecule has 0 aliphatic rings. The van der Waals surface area contributed by atoms with Crippen LogP contribution in [0.5, 0.6) is 0 Å². The summed E-state index contributed by atoms with van der Waals surface area (Å²) in [4.78, 5) is 8.73. The third-order valence-electron chi connectivity index (χ3n) is 4.72. The van der Waals surface area contributed by atoms with E-state index in [1.54, 1.807) is 24.5 Å². The maximum Gasteiger partial charge on any atom is 0.160 e. The molecule has 4 aromatic rings. The lowest BCUT2D eigenvalue weighted by Gasteiger charge is -2.21. The van der Waals surface area contributed by atoms with Gasteiger partial charge in [0.05, 0.1) is 11.7 Å². The van der Waals surface area contributed by atoms with Gasteiger partial charge in [0.25, 0.3) is 0 Å². The molecule has 1 aromatic carbocycles. The fourth-order valence-corrected chi connectivity index (χ4v) is 3.17. The predicted molar refractivity (Wildman–Crippen MR) is 103 cm³/mol. The number of benzene rings is 1. The normalized spacial score (nSPS) is 12.3. The third-order valence-corrected chi connectivity index (χ3v) is 4.72. The highest BCUT2D eigenvalue weighted by Gasteiger charge is 2.18. The summed E-state index contributed by atoms with van der Waals surface area (Å²) in [5.41, 5.74) is 5.72. The summed E-state index contributed by atoms with van der Waals surface area (Å²) in [5.74, 6) is 0.576. The highest BCUT2D eigenvalue weighted by atomic mass is 19.1. The van der Waals surface area contributed by atoms with Crippen LogP contribution in [0.4, 0.5) is 10.2 Å². The van der Waals surface area contributed by atoms with Crippen molar-refractivity contribution in [2.24, 2.45) is 0 Å². The van der Waals surface area contributed by atoms with E-state index < -0.39 is 0 Å². The highest BCUT2D eigenvalue weighted by molar-refractivity contribution is 5.57. The molecule has 0 bridgehead atoms. The first kappa shape index (κ1) is 17.1. The van der Waals surface area contributed by atoms with E-state index in [4.69, 9.17) is 0 Å². The fourth-order valence-electron chi connectivity index (χ4n) is 3.17. The Labute approximate surface area is 156 Å². The molecule has 0 saturated heterocycles. The van der Waals surface area contributed by atoms with Crippen molar-refractivity contribution in [3.05, 3.63) is 88.8 Å². The SMILES string of the molecule is Cc1cc(N[C@@H](c2ccncc2)c2ccc(F)cc2)n2nc(C)c(C)c2n1. The van der Waals surface area contributed by atoms with Crippen LogP contribution in [0.25, 0.3) is 5.65 Å². The van der Waals surface area contributed by atoms with Crippen molar-refractivity contribution in [2.45, 2.75) is 26.8 Å². The molecule has 0 aliphatic heterocycles. The molecule has 0 saturated carbocycles. The quantitative estimate of drug-likeness (QED) is 0.586. The second-order valence-corrected chi connectivity index (χ2v) is 6.64. The zero-order chi connectivity index (χ0) is 19.0. The minimum absolute atomic E-state index is 0.177. The van der Waals surface area contributed by atoms with Gasteiger partial charge in [-0.1, -0.05) is 12.1 Å². The van der Waals surface area contributed by atoms with Crippen molar-refractivity contribution >= 4 is 11.5 Å². The molecule has 136 valence electrons. The molecule has 0 unspecified atom stereocenters. The van der Waals surface area contributed by atoms with Crippen molar-refractivity contribution in [1.29, 1.82) is 0 Å². The van der Waals surface area contributed by atoms with Crippen LogP contribution in [0.2, 0.25) is 0 Å². The Hall–Kier alpha value is -3.28. The van der Waals surface area contributed by atoms with Crippen LogP contribution in [-0.2, 0) is 0 Å². The maximum atomic E-state index is 13.4. The molecule has 6 heteroatoms. The summed E-state index contributed by atoms with van der Waals surface area (Å²) < 4.78 is 15.3. The number of hydrogen-bond acceptors (Lipinski definition) is 4. The van der Waals surface area contributed by atoms with E-state index in [1.165, 1.54) is 12.1 Å². The van der Waals surface area contributed by atoms with Crippen LogP contribution in [0.3, 0.4) is 0 Å². The van der Waals surface area contributed by atoms with Gasteiger partial charge in [-0.3, -0.25) is 4.98 Å². The molecule has 5 nitrogen and oxygen atoms in total. The second-order valence-electron chi connectivity index (χ2n) is 6.64.